The van der Waals surface area contributed by atoms with Crippen molar-refractivity contribution in [2.75, 3.05) is 0 Å². The van der Waals surface area contributed by atoms with Crippen molar-refractivity contribution >= 4 is 11.9 Å². The largest absolute Gasteiger partial charge is 0.508 e. The van der Waals surface area contributed by atoms with Gasteiger partial charge in [0.1, 0.15) is 40.3 Å². The van der Waals surface area contributed by atoms with Crippen LogP contribution in [0.1, 0.15) is 60.7 Å². The lowest BCUT2D eigenvalue weighted by Gasteiger charge is -2.34. The van der Waals surface area contributed by atoms with Gasteiger partial charge < -0.3 is 24.8 Å². The van der Waals surface area contributed by atoms with Gasteiger partial charge in [-0.3, -0.25) is 4.79 Å². The van der Waals surface area contributed by atoms with Crippen LogP contribution < -0.4 is 9.47 Å². The van der Waals surface area contributed by atoms with E-state index in [0.717, 1.165) is 5.56 Å². The normalized spacial score (nSPS) is 22.7. The number of Topliss-reactive ketones (excluding diaryl/α,β-unsaturated/α-hetero) is 1. The molecule has 6 nitrogen and oxygen atoms in total. The molecule has 3 atom stereocenters. The monoisotopic (exact) mass is 422 g/mol. The molecule has 31 heavy (non-hydrogen) atoms. The molecule has 0 saturated carbocycles. The quantitative estimate of drug-likeness (QED) is 0.605. The number of aliphatic hydroxyl groups excluding tert-OH is 1. The SMILES string of the molecule is C=C(C)[C@H](O)CC[C@]1(C)C=Cc2c(cc3c(c2O)C(=O)C[C@@H](c2ccc(O)cc2)O3)O1. The Hall–Kier alpha value is -3.25. The average Bonchev–Trinajstić information content (AvgIpc) is 2.72. The maximum atomic E-state index is 12.8. The van der Waals surface area contributed by atoms with Crippen LogP contribution >= 0.6 is 0 Å². The summed E-state index contributed by atoms with van der Waals surface area (Å²) in [6.07, 6.45) is 3.57. The van der Waals surface area contributed by atoms with Gasteiger partial charge in [0.05, 0.1) is 18.1 Å². The summed E-state index contributed by atoms with van der Waals surface area (Å²) in [4.78, 5) is 12.8. The number of aromatic hydroxyl groups is 2. The molecular weight excluding hydrogens is 396 g/mol. The second-order valence-electron chi connectivity index (χ2n) is 8.48. The fraction of sp³-hybridized carbons (Fsp3) is 0.320. The first kappa shape index (κ1) is 21.0. The van der Waals surface area contributed by atoms with Crippen molar-refractivity contribution in [1.82, 2.24) is 0 Å². The first-order valence-corrected chi connectivity index (χ1v) is 10.3. The highest BCUT2D eigenvalue weighted by Crippen LogP contribution is 2.48. The van der Waals surface area contributed by atoms with Crippen molar-refractivity contribution in [3.05, 3.63) is 65.3 Å². The van der Waals surface area contributed by atoms with Crippen LogP contribution in [0.2, 0.25) is 0 Å². The molecule has 0 saturated heterocycles. The van der Waals surface area contributed by atoms with E-state index in [-0.39, 0.29) is 35.0 Å². The lowest BCUT2D eigenvalue weighted by atomic mass is 9.89. The van der Waals surface area contributed by atoms with Gasteiger partial charge in [-0.15, -0.1) is 0 Å². The number of ketones is 1. The Bertz CT molecular complexity index is 1070. The van der Waals surface area contributed by atoms with Crippen LogP contribution in [0.3, 0.4) is 0 Å². The number of hydrogen-bond donors (Lipinski definition) is 3. The molecule has 4 rings (SSSR count). The van der Waals surface area contributed by atoms with E-state index >= 15 is 0 Å². The molecule has 0 fully saturated rings. The Kier molecular flexibility index (Phi) is 5.27. The second kappa shape index (κ2) is 7.78. The summed E-state index contributed by atoms with van der Waals surface area (Å²) in [5.74, 6) is 0.456. The van der Waals surface area contributed by atoms with Crippen LogP contribution in [-0.4, -0.2) is 32.8 Å². The summed E-state index contributed by atoms with van der Waals surface area (Å²) in [5.41, 5.74) is 1.37. The van der Waals surface area contributed by atoms with Crippen LogP contribution in [0, 0.1) is 0 Å². The zero-order valence-electron chi connectivity index (χ0n) is 17.6. The third-order valence-corrected chi connectivity index (χ3v) is 5.88. The second-order valence-corrected chi connectivity index (χ2v) is 8.48. The number of ether oxygens (including phenoxy) is 2. The lowest BCUT2D eigenvalue weighted by Crippen LogP contribution is -2.33. The van der Waals surface area contributed by atoms with Crippen LogP contribution in [0.4, 0.5) is 0 Å². The molecule has 0 unspecified atom stereocenters. The Morgan fingerprint density at radius 3 is 2.65 bits per heavy atom. The number of benzene rings is 2. The van der Waals surface area contributed by atoms with Crippen molar-refractivity contribution in [3.8, 4) is 23.0 Å². The molecule has 0 aromatic heterocycles. The van der Waals surface area contributed by atoms with Gasteiger partial charge >= 0.3 is 0 Å². The summed E-state index contributed by atoms with van der Waals surface area (Å²) in [6.45, 7) is 7.46. The molecule has 0 amide bonds. The minimum absolute atomic E-state index is 0.0885. The van der Waals surface area contributed by atoms with Gasteiger partial charge in [-0.05, 0) is 56.5 Å². The van der Waals surface area contributed by atoms with Crippen molar-refractivity contribution in [2.45, 2.75) is 50.9 Å². The fourth-order valence-electron chi connectivity index (χ4n) is 3.93. The van der Waals surface area contributed by atoms with E-state index in [2.05, 4.69) is 6.58 Å². The van der Waals surface area contributed by atoms with Crippen LogP contribution in [0.15, 0.2) is 48.6 Å². The van der Waals surface area contributed by atoms with Gasteiger partial charge in [-0.25, -0.2) is 0 Å². The van der Waals surface area contributed by atoms with E-state index < -0.39 is 17.8 Å². The van der Waals surface area contributed by atoms with Crippen molar-refractivity contribution in [3.63, 3.8) is 0 Å². The van der Waals surface area contributed by atoms with Crippen LogP contribution in [-0.2, 0) is 0 Å². The number of aliphatic hydroxyl groups is 1. The Balaban J connectivity index is 1.63. The predicted octanol–water partition coefficient (Wildman–Crippen LogP) is 4.69. The molecule has 0 aliphatic carbocycles. The van der Waals surface area contributed by atoms with Crippen molar-refractivity contribution in [1.29, 1.82) is 0 Å². The highest BCUT2D eigenvalue weighted by Gasteiger charge is 2.36. The zero-order valence-corrected chi connectivity index (χ0v) is 17.6. The van der Waals surface area contributed by atoms with Crippen molar-refractivity contribution < 1.29 is 29.6 Å². The van der Waals surface area contributed by atoms with Gasteiger partial charge in [0.2, 0.25) is 0 Å². The first-order chi connectivity index (χ1) is 14.7. The van der Waals surface area contributed by atoms with Gasteiger partial charge in [0, 0.05) is 6.07 Å². The van der Waals surface area contributed by atoms with E-state index in [1.165, 1.54) is 0 Å². The number of fused-ring (bicyclic) bond motifs is 2. The zero-order chi connectivity index (χ0) is 22.3. The Labute approximate surface area is 181 Å². The fourth-order valence-corrected chi connectivity index (χ4v) is 3.93. The molecule has 0 spiro atoms. The summed E-state index contributed by atoms with van der Waals surface area (Å²) in [7, 11) is 0. The molecule has 2 aliphatic rings. The minimum atomic E-state index is -0.681. The van der Waals surface area contributed by atoms with Gasteiger partial charge in [-0.1, -0.05) is 24.3 Å². The predicted molar refractivity (Wildman–Crippen MR) is 117 cm³/mol. The molecule has 3 N–H and O–H groups in total. The van der Waals surface area contributed by atoms with Gasteiger partial charge in [0.25, 0.3) is 0 Å². The molecular formula is C25H26O6. The molecule has 2 heterocycles. The highest BCUT2D eigenvalue weighted by atomic mass is 16.5. The highest BCUT2D eigenvalue weighted by molar-refractivity contribution is 6.04. The summed E-state index contributed by atoms with van der Waals surface area (Å²) >= 11 is 0. The van der Waals surface area contributed by atoms with Crippen LogP contribution in [0.25, 0.3) is 6.08 Å². The summed E-state index contributed by atoms with van der Waals surface area (Å²) < 4.78 is 12.2. The first-order valence-electron chi connectivity index (χ1n) is 10.3. The molecule has 6 heteroatoms. The molecule has 2 aliphatic heterocycles. The van der Waals surface area contributed by atoms with Gasteiger partial charge in [-0.2, -0.15) is 0 Å². The van der Waals surface area contributed by atoms with E-state index in [1.54, 1.807) is 43.3 Å². The number of phenolic OH excluding ortho intramolecular Hbond substituents is 2. The number of hydrogen-bond acceptors (Lipinski definition) is 6. The van der Waals surface area contributed by atoms with E-state index in [1.807, 2.05) is 13.0 Å². The molecule has 162 valence electrons. The summed E-state index contributed by atoms with van der Waals surface area (Å²) in [6, 6.07) is 8.15. The van der Waals surface area contributed by atoms with E-state index in [9.17, 15) is 20.1 Å². The Morgan fingerprint density at radius 1 is 1.26 bits per heavy atom. The van der Waals surface area contributed by atoms with Crippen LogP contribution in [0.5, 0.6) is 23.0 Å². The number of phenols is 2. The number of carbonyl (C=O) groups is 1. The van der Waals surface area contributed by atoms with Crippen molar-refractivity contribution in [2.24, 2.45) is 0 Å². The maximum absolute atomic E-state index is 12.8. The molecule has 2 aromatic rings. The molecule has 0 radical (unpaired) electrons. The molecule has 2 aromatic carbocycles. The van der Waals surface area contributed by atoms with E-state index in [0.29, 0.717) is 29.7 Å². The molecule has 0 bridgehead atoms. The third-order valence-electron chi connectivity index (χ3n) is 5.88. The number of carbonyl (C=O) groups excluding carboxylic acids is 1. The average molecular weight is 422 g/mol. The summed E-state index contributed by atoms with van der Waals surface area (Å²) in [5, 5.41) is 30.4. The smallest absolute Gasteiger partial charge is 0.174 e. The Morgan fingerprint density at radius 2 is 1.97 bits per heavy atom. The topological polar surface area (TPSA) is 96.2 Å². The van der Waals surface area contributed by atoms with Gasteiger partial charge in [0.15, 0.2) is 5.78 Å². The minimum Gasteiger partial charge on any atom is -0.508 e. The van der Waals surface area contributed by atoms with E-state index in [4.69, 9.17) is 9.47 Å². The maximum Gasteiger partial charge on any atom is 0.174 e. The lowest BCUT2D eigenvalue weighted by molar-refractivity contribution is 0.0835. The standard InChI is InChI=1S/C25H26O6/c1-14(2)18(27)9-11-25(3)10-8-17-21(31-25)13-22-23(24(17)29)19(28)12-20(30-22)15-4-6-16(26)7-5-15/h4-8,10,13,18,20,26-27,29H,1,9,11-12H2,2-3H3/t18-,20+,25+/m1/s1. The number of rotatable bonds is 5. The third kappa shape index (κ3) is 4.03.